The molecule has 3 heterocycles. The summed E-state index contributed by atoms with van der Waals surface area (Å²) in [5.74, 6) is 0.186. The average Bonchev–Trinajstić information content (AvgIpc) is 2.93. The Morgan fingerprint density at radius 1 is 1.18 bits per heavy atom. The van der Waals surface area contributed by atoms with Crippen molar-refractivity contribution in [1.29, 1.82) is 0 Å². The molecular weight excluding hydrogens is 355 g/mol. The molecule has 1 aromatic carbocycles. The topological polar surface area (TPSA) is 38.8 Å². The van der Waals surface area contributed by atoms with Crippen molar-refractivity contribution in [2.75, 3.05) is 51.2 Å². The normalized spacial score (nSPS) is 28.3. The van der Waals surface area contributed by atoms with Crippen LogP contribution in [0.1, 0.15) is 32.6 Å². The van der Waals surface area contributed by atoms with Gasteiger partial charge in [0.25, 0.3) is 0 Å². The SMILES string of the molecule is C[C@@H]1CN(c2ccc(F)cc2)CCN1CC[C@H]1CC2(CCNCC2)C(=O)N1C. The Balaban J connectivity index is 1.31. The Morgan fingerprint density at radius 2 is 1.89 bits per heavy atom. The van der Waals surface area contributed by atoms with Crippen molar-refractivity contribution < 1.29 is 9.18 Å². The van der Waals surface area contributed by atoms with Gasteiger partial charge in [0.2, 0.25) is 5.91 Å². The minimum Gasteiger partial charge on any atom is -0.369 e. The van der Waals surface area contributed by atoms with Crippen molar-refractivity contribution in [3.63, 3.8) is 0 Å². The summed E-state index contributed by atoms with van der Waals surface area (Å²) in [6, 6.07) is 7.64. The van der Waals surface area contributed by atoms with Crippen molar-refractivity contribution in [3.05, 3.63) is 30.1 Å². The van der Waals surface area contributed by atoms with Gasteiger partial charge in [0, 0.05) is 51.0 Å². The first-order valence-electron chi connectivity index (χ1n) is 10.7. The Hall–Kier alpha value is -1.66. The predicted octanol–water partition coefficient (Wildman–Crippen LogP) is 2.33. The summed E-state index contributed by atoms with van der Waals surface area (Å²) in [6.07, 6.45) is 4.05. The molecule has 3 aliphatic rings. The molecule has 28 heavy (non-hydrogen) atoms. The molecule has 2 atom stereocenters. The van der Waals surface area contributed by atoms with Gasteiger partial charge >= 0.3 is 0 Å². The van der Waals surface area contributed by atoms with Crippen molar-refractivity contribution in [2.45, 2.75) is 44.7 Å². The number of piperidine rings is 1. The van der Waals surface area contributed by atoms with Gasteiger partial charge < -0.3 is 15.1 Å². The molecule has 3 saturated heterocycles. The summed E-state index contributed by atoms with van der Waals surface area (Å²) >= 11 is 0. The molecule has 0 bridgehead atoms. The number of likely N-dealkylation sites (tertiary alicyclic amines) is 1. The molecule has 1 N–H and O–H groups in total. The molecule has 1 amide bonds. The van der Waals surface area contributed by atoms with Gasteiger partial charge in [-0.25, -0.2) is 4.39 Å². The third-order valence-corrected chi connectivity index (χ3v) is 7.22. The summed E-state index contributed by atoms with van der Waals surface area (Å²) < 4.78 is 13.2. The quantitative estimate of drug-likeness (QED) is 0.859. The lowest BCUT2D eigenvalue weighted by molar-refractivity contribution is -0.136. The second-order valence-corrected chi connectivity index (χ2v) is 8.90. The van der Waals surface area contributed by atoms with E-state index in [-0.39, 0.29) is 11.2 Å². The van der Waals surface area contributed by atoms with Gasteiger partial charge in [0.15, 0.2) is 0 Å². The third-order valence-electron chi connectivity index (χ3n) is 7.22. The van der Waals surface area contributed by atoms with E-state index in [4.69, 9.17) is 0 Å². The predicted molar refractivity (Wildman–Crippen MR) is 110 cm³/mol. The van der Waals surface area contributed by atoms with Crippen LogP contribution >= 0.6 is 0 Å². The fourth-order valence-corrected chi connectivity index (χ4v) is 5.36. The Kier molecular flexibility index (Phi) is 5.61. The van der Waals surface area contributed by atoms with Crippen LogP contribution in [0.5, 0.6) is 0 Å². The first kappa shape index (κ1) is 19.6. The highest BCUT2D eigenvalue weighted by atomic mass is 19.1. The van der Waals surface area contributed by atoms with Crippen molar-refractivity contribution >= 4 is 11.6 Å². The molecule has 0 aromatic heterocycles. The van der Waals surface area contributed by atoms with Crippen LogP contribution in [0.2, 0.25) is 0 Å². The third kappa shape index (κ3) is 3.77. The minimum atomic E-state index is -0.183. The number of halogens is 1. The summed E-state index contributed by atoms with van der Waals surface area (Å²) in [7, 11) is 2.00. The van der Waals surface area contributed by atoms with Crippen molar-refractivity contribution in [2.24, 2.45) is 5.41 Å². The molecule has 1 aromatic rings. The van der Waals surface area contributed by atoms with E-state index in [0.717, 1.165) is 70.6 Å². The fraction of sp³-hybridized carbons (Fsp3) is 0.682. The molecule has 4 rings (SSSR count). The van der Waals surface area contributed by atoms with Crippen LogP contribution in [0.25, 0.3) is 0 Å². The Morgan fingerprint density at radius 3 is 2.57 bits per heavy atom. The van der Waals surface area contributed by atoms with Gasteiger partial charge in [-0.2, -0.15) is 0 Å². The van der Waals surface area contributed by atoms with E-state index < -0.39 is 0 Å². The van der Waals surface area contributed by atoms with Gasteiger partial charge in [-0.15, -0.1) is 0 Å². The number of amides is 1. The van der Waals surface area contributed by atoms with Gasteiger partial charge in [0.05, 0.1) is 5.41 Å². The van der Waals surface area contributed by atoms with Crippen LogP contribution in [0.4, 0.5) is 10.1 Å². The van der Waals surface area contributed by atoms with E-state index in [1.54, 1.807) is 0 Å². The molecule has 0 radical (unpaired) electrons. The van der Waals surface area contributed by atoms with Gasteiger partial charge in [0.1, 0.15) is 5.82 Å². The monoisotopic (exact) mass is 388 g/mol. The van der Waals surface area contributed by atoms with Crippen molar-refractivity contribution in [3.8, 4) is 0 Å². The zero-order valence-electron chi connectivity index (χ0n) is 17.2. The van der Waals surface area contributed by atoms with Crippen LogP contribution in [-0.2, 0) is 4.79 Å². The number of hydrogen-bond acceptors (Lipinski definition) is 4. The van der Waals surface area contributed by atoms with Gasteiger partial charge in [-0.1, -0.05) is 0 Å². The number of hydrogen-bond donors (Lipinski definition) is 1. The highest BCUT2D eigenvalue weighted by molar-refractivity contribution is 5.85. The number of rotatable bonds is 4. The molecule has 5 nitrogen and oxygen atoms in total. The highest BCUT2D eigenvalue weighted by Gasteiger charge is 2.50. The molecule has 0 aliphatic carbocycles. The van der Waals surface area contributed by atoms with Crippen LogP contribution in [-0.4, -0.2) is 74.1 Å². The number of carbonyl (C=O) groups is 1. The van der Waals surface area contributed by atoms with Crippen LogP contribution < -0.4 is 10.2 Å². The molecule has 0 unspecified atom stereocenters. The maximum atomic E-state index is 13.2. The standard InChI is InChI=1S/C22H33FN4O/c1-17-16-27(19-5-3-18(23)4-6-19)14-13-26(17)12-7-20-15-22(21(28)25(20)2)8-10-24-11-9-22/h3-6,17,20,24H,7-16H2,1-2H3/t17-,20+/m1/s1. The summed E-state index contributed by atoms with van der Waals surface area (Å²) in [5.41, 5.74) is 0.999. The summed E-state index contributed by atoms with van der Waals surface area (Å²) in [5, 5.41) is 3.39. The fourth-order valence-electron chi connectivity index (χ4n) is 5.36. The molecular formula is C22H33FN4O. The van der Waals surface area contributed by atoms with Crippen LogP contribution in [0.3, 0.4) is 0 Å². The van der Waals surface area contributed by atoms with Gasteiger partial charge in [-0.05, 0) is 70.0 Å². The highest BCUT2D eigenvalue weighted by Crippen LogP contribution is 2.43. The summed E-state index contributed by atoms with van der Waals surface area (Å²) in [4.78, 5) is 19.8. The van der Waals surface area contributed by atoms with E-state index in [1.165, 1.54) is 12.1 Å². The number of carbonyl (C=O) groups excluding carboxylic acids is 1. The first-order valence-corrected chi connectivity index (χ1v) is 10.7. The zero-order chi connectivity index (χ0) is 19.7. The number of nitrogens with zero attached hydrogens (tertiary/aromatic N) is 3. The maximum absolute atomic E-state index is 13.2. The molecule has 3 aliphatic heterocycles. The number of benzene rings is 1. The number of piperazine rings is 1. The van der Waals surface area contributed by atoms with E-state index in [0.29, 0.717) is 18.0 Å². The lowest BCUT2D eigenvalue weighted by Crippen LogP contribution is -2.52. The second-order valence-electron chi connectivity index (χ2n) is 8.90. The lowest BCUT2D eigenvalue weighted by Gasteiger charge is -2.41. The van der Waals surface area contributed by atoms with E-state index in [9.17, 15) is 9.18 Å². The largest absolute Gasteiger partial charge is 0.369 e. The number of anilines is 1. The molecule has 0 saturated carbocycles. The number of nitrogens with one attached hydrogen (secondary N) is 1. The van der Waals surface area contributed by atoms with Crippen LogP contribution in [0.15, 0.2) is 24.3 Å². The van der Waals surface area contributed by atoms with E-state index in [2.05, 4.69) is 22.0 Å². The smallest absolute Gasteiger partial charge is 0.228 e. The molecule has 1 spiro atoms. The van der Waals surface area contributed by atoms with Gasteiger partial charge in [-0.3, -0.25) is 9.69 Å². The Labute approximate surface area is 167 Å². The molecule has 154 valence electrons. The maximum Gasteiger partial charge on any atom is 0.228 e. The zero-order valence-corrected chi connectivity index (χ0v) is 17.2. The van der Waals surface area contributed by atoms with E-state index >= 15 is 0 Å². The van der Waals surface area contributed by atoms with Crippen molar-refractivity contribution in [1.82, 2.24) is 15.1 Å². The Bertz CT molecular complexity index is 688. The van der Waals surface area contributed by atoms with E-state index in [1.807, 2.05) is 24.1 Å². The summed E-state index contributed by atoms with van der Waals surface area (Å²) in [6.45, 7) is 8.18. The first-order chi connectivity index (χ1) is 13.5. The second kappa shape index (κ2) is 7.99. The minimum absolute atomic E-state index is 0.0996. The molecule has 3 fully saturated rings. The average molecular weight is 389 g/mol. The molecule has 6 heteroatoms. The lowest BCUT2D eigenvalue weighted by atomic mass is 9.76. The van der Waals surface area contributed by atoms with Crippen LogP contribution in [0, 0.1) is 11.2 Å².